The minimum Gasteiger partial charge on any atom is -0.491 e. The smallest absolute Gasteiger partial charge is 0.251 e. The van der Waals surface area contributed by atoms with Crippen molar-refractivity contribution >= 4 is 11.6 Å². The maximum atomic E-state index is 11.7. The van der Waals surface area contributed by atoms with Gasteiger partial charge in [0, 0.05) is 12.1 Å². The highest BCUT2D eigenvalue weighted by Crippen LogP contribution is 2.23. The molecule has 1 amide bonds. The topological polar surface area (TPSA) is 64.4 Å². The van der Waals surface area contributed by atoms with E-state index in [2.05, 4.69) is 25.7 Å². The fourth-order valence-corrected chi connectivity index (χ4v) is 1.32. The van der Waals surface area contributed by atoms with E-state index in [0.29, 0.717) is 36.1 Å². The standard InChI is InChI=1S/C14H20N2O2/c1-4-7-16-14(17)11-5-6-12(15)13(8-11)18-9-10(2)3/h4-6,8,10H,1,7,9,15H2,2-3H3,(H,16,17). The summed E-state index contributed by atoms with van der Waals surface area (Å²) in [6.07, 6.45) is 1.63. The van der Waals surface area contributed by atoms with Crippen LogP contribution in [0.4, 0.5) is 5.69 Å². The molecule has 1 aromatic carbocycles. The molecule has 0 atom stereocenters. The van der Waals surface area contributed by atoms with E-state index in [9.17, 15) is 4.79 Å². The minimum absolute atomic E-state index is 0.163. The summed E-state index contributed by atoms with van der Waals surface area (Å²) < 4.78 is 5.57. The average Bonchev–Trinajstić information content (AvgIpc) is 2.34. The van der Waals surface area contributed by atoms with E-state index in [-0.39, 0.29) is 5.91 Å². The third-order valence-corrected chi connectivity index (χ3v) is 2.25. The number of hydrogen-bond acceptors (Lipinski definition) is 3. The molecule has 0 fully saturated rings. The summed E-state index contributed by atoms with van der Waals surface area (Å²) in [5.74, 6) is 0.793. The van der Waals surface area contributed by atoms with Gasteiger partial charge in [0.05, 0.1) is 12.3 Å². The van der Waals surface area contributed by atoms with Crippen molar-refractivity contribution in [1.29, 1.82) is 0 Å². The van der Waals surface area contributed by atoms with E-state index in [1.165, 1.54) is 0 Å². The molecule has 0 aromatic heterocycles. The molecule has 98 valence electrons. The Bertz CT molecular complexity index is 428. The van der Waals surface area contributed by atoms with Gasteiger partial charge >= 0.3 is 0 Å². The van der Waals surface area contributed by atoms with Crippen molar-refractivity contribution in [1.82, 2.24) is 5.32 Å². The lowest BCUT2D eigenvalue weighted by atomic mass is 10.1. The Balaban J connectivity index is 2.79. The van der Waals surface area contributed by atoms with Crippen LogP contribution >= 0.6 is 0 Å². The molecule has 0 heterocycles. The lowest BCUT2D eigenvalue weighted by molar-refractivity contribution is 0.0957. The lowest BCUT2D eigenvalue weighted by Gasteiger charge is -2.12. The fraction of sp³-hybridized carbons (Fsp3) is 0.357. The van der Waals surface area contributed by atoms with Crippen LogP contribution in [0.1, 0.15) is 24.2 Å². The first-order valence-electron chi connectivity index (χ1n) is 5.96. The molecular weight excluding hydrogens is 228 g/mol. The van der Waals surface area contributed by atoms with Gasteiger partial charge in [-0.3, -0.25) is 4.79 Å². The molecule has 0 aliphatic carbocycles. The van der Waals surface area contributed by atoms with Crippen molar-refractivity contribution in [3.8, 4) is 5.75 Å². The average molecular weight is 248 g/mol. The molecule has 0 spiro atoms. The number of nitrogens with one attached hydrogen (secondary N) is 1. The van der Waals surface area contributed by atoms with Crippen LogP contribution in [-0.2, 0) is 0 Å². The van der Waals surface area contributed by atoms with E-state index in [0.717, 1.165) is 0 Å². The first kappa shape index (κ1) is 14.1. The van der Waals surface area contributed by atoms with Gasteiger partial charge in [-0.05, 0) is 24.1 Å². The van der Waals surface area contributed by atoms with Gasteiger partial charge in [0.1, 0.15) is 5.75 Å². The summed E-state index contributed by atoms with van der Waals surface area (Å²) in [4.78, 5) is 11.7. The Morgan fingerprint density at radius 2 is 2.28 bits per heavy atom. The second-order valence-corrected chi connectivity index (χ2v) is 4.46. The van der Waals surface area contributed by atoms with Crippen molar-refractivity contribution in [3.63, 3.8) is 0 Å². The van der Waals surface area contributed by atoms with E-state index in [1.54, 1.807) is 24.3 Å². The van der Waals surface area contributed by atoms with Crippen LogP contribution in [0.5, 0.6) is 5.75 Å². The third kappa shape index (κ3) is 4.13. The highest BCUT2D eigenvalue weighted by Gasteiger charge is 2.09. The predicted molar refractivity (Wildman–Crippen MR) is 73.7 cm³/mol. The van der Waals surface area contributed by atoms with Gasteiger partial charge in [-0.1, -0.05) is 19.9 Å². The van der Waals surface area contributed by atoms with Crippen LogP contribution in [0.15, 0.2) is 30.9 Å². The molecule has 3 N–H and O–H groups in total. The molecular formula is C14H20N2O2. The molecule has 0 aliphatic heterocycles. The third-order valence-electron chi connectivity index (χ3n) is 2.25. The van der Waals surface area contributed by atoms with Crippen LogP contribution in [0.25, 0.3) is 0 Å². The van der Waals surface area contributed by atoms with Gasteiger partial charge in [0.25, 0.3) is 5.91 Å². The van der Waals surface area contributed by atoms with Gasteiger partial charge in [-0.25, -0.2) is 0 Å². The summed E-state index contributed by atoms with van der Waals surface area (Å²) >= 11 is 0. The summed E-state index contributed by atoms with van der Waals surface area (Å²) in [7, 11) is 0. The molecule has 1 aromatic rings. The molecule has 0 saturated heterocycles. The number of nitrogens with two attached hydrogens (primary N) is 1. The highest BCUT2D eigenvalue weighted by molar-refractivity contribution is 5.95. The lowest BCUT2D eigenvalue weighted by Crippen LogP contribution is -2.23. The normalized spacial score (nSPS) is 10.2. The number of rotatable bonds is 6. The van der Waals surface area contributed by atoms with E-state index < -0.39 is 0 Å². The molecule has 0 aliphatic rings. The Morgan fingerprint density at radius 1 is 1.56 bits per heavy atom. The monoisotopic (exact) mass is 248 g/mol. The zero-order chi connectivity index (χ0) is 13.5. The van der Waals surface area contributed by atoms with Gasteiger partial charge < -0.3 is 15.8 Å². The van der Waals surface area contributed by atoms with Crippen LogP contribution in [0.2, 0.25) is 0 Å². The molecule has 4 nitrogen and oxygen atoms in total. The zero-order valence-electron chi connectivity index (χ0n) is 10.9. The predicted octanol–water partition coefficient (Wildman–Crippen LogP) is 2.22. The van der Waals surface area contributed by atoms with Gasteiger partial charge in [-0.15, -0.1) is 6.58 Å². The molecule has 0 radical (unpaired) electrons. The van der Waals surface area contributed by atoms with Crippen molar-refractivity contribution in [3.05, 3.63) is 36.4 Å². The zero-order valence-corrected chi connectivity index (χ0v) is 10.9. The number of amides is 1. The number of nitrogen functional groups attached to an aromatic ring is 1. The first-order chi connectivity index (χ1) is 8.54. The molecule has 18 heavy (non-hydrogen) atoms. The van der Waals surface area contributed by atoms with Crippen LogP contribution in [0, 0.1) is 5.92 Å². The Morgan fingerprint density at radius 3 is 2.89 bits per heavy atom. The summed E-state index contributed by atoms with van der Waals surface area (Å²) in [6.45, 7) is 8.66. The van der Waals surface area contributed by atoms with E-state index in [4.69, 9.17) is 10.5 Å². The van der Waals surface area contributed by atoms with Crippen molar-refractivity contribution < 1.29 is 9.53 Å². The number of benzene rings is 1. The van der Waals surface area contributed by atoms with Crippen LogP contribution < -0.4 is 15.8 Å². The Labute approximate surface area is 108 Å². The second kappa shape index (κ2) is 6.69. The van der Waals surface area contributed by atoms with Crippen molar-refractivity contribution in [2.75, 3.05) is 18.9 Å². The number of carbonyl (C=O) groups is 1. The molecule has 1 rings (SSSR count). The molecule has 0 saturated carbocycles. The van der Waals surface area contributed by atoms with E-state index in [1.807, 2.05) is 0 Å². The summed E-state index contributed by atoms with van der Waals surface area (Å²) in [6, 6.07) is 5.02. The number of ether oxygens (including phenoxy) is 1. The maximum absolute atomic E-state index is 11.7. The van der Waals surface area contributed by atoms with Gasteiger partial charge in [-0.2, -0.15) is 0 Å². The summed E-state index contributed by atoms with van der Waals surface area (Å²) in [5.41, 5.74) is 6.87. The molecule has 0 unspecified atom stereocenters. The summed E-state index contributed by atoms with van der Waals surface area (Å²) in [5, 5.41) is 2.71. The van der Waals surface area contributed by atoms with Crippen molar-refractivity contribution in [2.45, 2.75) is 13.8 Å². The molecule has 4 heteroatoms. The number of hydrogen-bond donors (Lipinski definition) is 2. The Kier molecular flexibility index (Phi) is 5.24. The Hall–Kier alpha value is -1.97. The number of anilines is 1. The second-order valence-electron chi connectivity index (χ2n) is 4.46. The number of carbonyl (C=O) groups excluding carboxylic acids is 1. The first-order valence-corrected chi connectivity index (χ1v) is 5.96. The van der Waals surface area contributed by atoms with Gasteiger partial charge in [0.15, 0.2) is 0 Å². The largest absolute Gasteiger partial charge is 0.491 e. The maximum Gasteiger partial charge on any atom is 0.251 e. The van der Waals surface area contributed by atoms with Crippen LogP contribution in [-0.4, -0.2) is 19.1 Å². The van der Waals surface area contributed by atoms with E-state index >= 15 is 0 Å². The SMILES string of the molecule is C=CCNC(=O)c1ccc(N)c(OCC(C)C)c1. The van der Waals surface area contributed by atoms with Gasteiger partial charge in [0.2, 0.25) is 0 Å². The fourth-order valence-electron chi connectivity index (χ4n) is 1.32. The van der Waals surface area contributed by atoms with Crippen LogP contribution in [0.3, 0.4) is 0 Å². The highest BCUT2D eigenvalue weighted by atomic mass is 16.5. The molecule has 0 bridgehead atoms. The minimum atomic E-state index is -0.163. The van der Waals surface area contributed by atoms with Crippen molar-refractivity contribution in [2.24, 2.45) is 5.92 Å². The quantitative estimate of drug-likeness (QED) is 0.599.